The normalized spacial score (nSPS) is 16.9. The van der Waals surface area contributed by atoms with E-state index < -0.39 is 0 Å². The van der Waals surface area contributed by atoms with Crippen LogP contribution in [0.3, 0.4) is 0 Å². The maximum Gasteiger partial charge on any atom is 0.226 e. The Hall–Kier alpha value is -3.69. The van der Waals surface area contributed by atoms with E-state index in [2.05, 4.69) is 59.2 Å². The molecule has 1 saturated heterocycles. The number of hydrogen-bond donors (Lipinski definition) is 2. The van der Waals surface area contributed by atoms with E-state index >= 15 is 0 Å². The van der Waals surface area contributed by atoms with Crippen LogP contribution in [0.25, 0.3) is 5.69 Å². The summed E-state index contributed by atoms with van der Waals surface area (Å²) >= 11 is 9.31. The summed E-state index contributed by atoms with van der Waals surface area (Å²) in [6, 6.07) is 25.2. The molecule has 3 heterocycles. The second kappa shape index (κ2) is 11.1. The van der Waals surface area contributed by atoms with Crippen molar-refractivity contribution in [1.29, 1.82) is 0 Å². The lowest BCUT2D eigenvalue weighted by molar-refractivity contribution is -0.116. The number of thiocarbonyl (C=S) groups is 1. The van der Waals surface area contributed by atoms with E-state index in [1.165, 1.54) is 0 Å². The molecule has 0 bridgehead atoms. The summed E-state index contributed by atoms with van der Waals surface area (Å²) in [5.74, 6) is 0.505. The largest absolute Gasteiger partial charge is 0.495 e. The Balaban J connectivity index is 1.43. The minimum Gasteiger partial charge on any atom is -0.495 e. The molecule has 0 aliphatic carbocycles. The molecule has 1 fully saturated rings. The van der Waals surface area contributed by atoms with Gasteiger partial charge < -0.3 is 24.8 Å². The lowest BCUT2D eigenvalue weighted by Gasteiger charge is -2.29. The van der Waals surface area contributed by atoms with Gasteiger partial charge in [-0.15, -0.1) is 0 Å². The maximum absolute atomic E-state index is 12.9. The number of methoxy groups -OCH3 is 1. The minimum absolute atomic E-state index is 0.115. The molecule has 2 aromatic heterocycles. The quantitative estimate of drug-likeness (QED) is 0.265. The number of pyridine rings is 1. The molecule has 5 rings (SSSR count). The summed E-state index contributed by atoms with van der Waals surface area (Å²) in [5, 5.41) is 7.01. The standard InChI is InChI=1S/C28H26BrN5O2S/c1-36-24-10-3-2-7-21(24)31-25(35)15-18-34-27(26(32-28(34)37)22-8-4-5-16-30-22)23-9-6-17-33(23)20-13-11-19(29)12-14-20/h2-14,16-17,26-27H,15,18H2,1H3,(H,31,35)(H,32,37)/t26-,27-/m1/s1. The van der Waals surface area contributed by atoms with E-state index in [9.17, 15) is 4.79 Å². The van der Waals surface area contributed by atoms with Gasteiger partial charge >= 0.3 is 0 Å². The summed E-state index contributed by atoms with van der Waals surface area (Å²) in [4.78, 5) is 19.6. The molecule has 2 N–H and O–H groups in total. The summed E-state index contributed by atoms with van der Waals surface area (Å²) in [6.07, 6.45) is 4.08. The van der Waals surface area contributed by atoms with Crippen LogP contribution in [-0.4, -0.2) is 39.1 Å². The number of ether oxygens (including phenoxy) is 1. The zero-order chi connectivity index (χ0) is 25.8. The number of anilines is 1. The Morgan fingerprint density at radius 2 is 1.86 bits per heavy atom. The van der Waals surface area contributed by atoms with Crippen LogP contribution >= 0.6 is 28.1 Å². The fourth-order valence-electron chi connectivity index (χ4n) is 4.62. The van der Waals surface area contributed by atoms with Gasteiger partial charge in [-0.3, -0.25) is 9.78 Å². The number of carbonyl (C=O) groups is 1. The first-order valence-corrected chi connectivity index (χ1v) is 13.1. The lowest BCUT2D eigenvalue weighted by Crippen LogP contribution is -2.33. The predicted octanol–water partition coefficient (Wildman–Crippen LogP) is 5.64. The van der Waals surface area contributed by atoms with E-state index in [0.29, 0.717) is 23.1 Å². The molecule has 0 unspecified atom stereocenters. The third-order valence-electron chi connectivity index (χ3n) is 6.35. The first kappa shape index (κ1) is 25.0. The van der Waals surface area contributed by atoms with Crippen LogP contribution in [0.2, 0.25) is 0 Å². The number of nitrogens with zero attached hydrogens (tertiary/aromatic N) is 3. The van der Waals surface area contributed by atoms with Crippen LogP contribution in [0.4, 0.5) is 5.69 Å². The fourth-order valence-corrected chi connectivity index (χ4v) is 5.22. The number of nitrogens with one attached hydrogen (secondary N) is 2. The third kappa shape index (κ3) is 5.38. The van der Waals surface area contributed by atoms with Crippen LogP contribution < -0.4 is 15.4 Å². The zero-order valence-electron chi connectivity index (χ0n) is 20.2. The highest BCUT2D eigenvalue weighted by Gasteiger charge is 2.41. The molecule has 37 heavy (non-hydrogen) atoms. The molecule has 0 saturated carbocycles. The van der Waals surface area contributed by atoms with E-state index in [1.54, 1.807) is 13.3 Å². The van der Waals surface area contributed by atoms with Gasteiger partial charge in [0.1, 0.15) is 5.75 Å². The summed E-state index contributed by atoms with van der Waals surface area (Å²) in [5.41, 5.74) is 3.62. The smallest absolute Gasteiger partial charge is 0.226 e. The Morgan fingerprint density at radius 3 is 2.62 bits per heavy atom. The SMILES string of the molecule is COc1ccccc1NC(=O)CCN1C(=S)N[C@H](c2ccccn2)[C@H]1c1cccn1-c1ccc(Br)cc1. The summed E-state index contributed by atoms with van der Waals surface area (Å²) in [7, 11) is 1.59. The molecular weight excluding hydrogens is 550 g/mol. The highest BCUT2D eigenvalue weighted by molar-refractivity contribution is 9.10. The summed E-state index contributed by atoms with van der Waals surface area (Å²) < 4.78 is 8.54. The average molecular weight is 577 g/mol. The Bertz CT molecular complexity index is 1390. The van der Waals surface area contributed by atoms with Crippen LogP contribution in [0.1, 0.15) is 29.9 Å². The minimum atomic E-state index is -0.171. The number of amides is 1. The first-order valence-electron chi connectivity index (χ1n) is 11.9. The van der Waals surface area contributed by atoms with Gasteiger partial charge in [-0.05, 0) is 72.9 Å². The van der Waals surface area contributed by atoms with Crippen LogP contribution in [0, 0.1) is 0 Å². The van der Waals surface area contributed by atoms with E-state index in [-0.39, 0.29) is 24.4 Å². The molecule has 1 aliphatic heterocycles. The van der Waals surface area contributed by atoms with Gasteiger partial charge in [-0.1, -0.05) is 34.1 Å². The molecular formula is C28H26BrN5O2S. The molecule has 1 aliphatic rings. The maximum atomic E-state index is 12.9. The van der Waals surface area contributed by atoms with Gasteiger partial charge in [0.05, 0.1) is 30.6 Å². The first-order chi connectivity index (χ1) is 18.0. The number of halogens is 1. The third-order valence-corrected chi connectivity index (χ3v) is 7.23. The predicted molar refractivity (Wildman–Crippen MR) is 152 cm³/mol. The second-order valence-electron chi connectivity index (χ2n) is 8.60. The van der Waals surface area contributed by atoms with Crippen LogP contribution in [0.5, 0.6) is 5.75 Å². The number of aromatic nitrogens is 2. The second-order valence-corrected chi connectivity index (χ2v) is 9.90. The Kier molecular flexibility index (Phi) is 7.52. The van der Waals surface area contributed by atoms with Gasteiger partial charge in [0.2, 0.25) is 5.91 Å². The molecule has 1 amide bonds. The fraction of sp³-hybridized carbons (Fsp3) is 0.179. The Labute approximate surface area is 229 Å². The van der Waals surface area contributed by atoms with E-state index in [4.69, 9.17) is 17.0 Å². The van der Waals surface area contributed by atoms with Crippen molar-refractivity contribution in [3.05, 3.63) is 107 Å². The molecule has 2 atom stereocenters. The molecule has 0 spiro atoms. The molecule has 4 aromatic rings. The van der Waals surface area contributed by atoms with Crippen molar-refractivity contribution >= 4 is 44.9 Å². The lowest BCUT2D eigenvalue weighted by atomic mass is 10.0. The van der Waals surface area contributed by atoms with Crippen molar-refractivity contribution in [2.24, 2.45) is 0 Å². The van der Waals surface area contributed by atoms with Crippen molar-refractivity contribution in [1.82, 2.24) is 19.8 Å². The number of benzene rings is 2. The Morgan fingerprint density at radius 1 is 1.08 bits per heavy atom. The van der Waals surface area contributed by atoms with Gasteiger partial charge in [-0.2, -0.15) is 0 Å². The molecule has 9 heteroatoms. The summed E-state index contributed by atoms with van der Waals surface area (Å²) in [6.45, 7) is 0.437. The number of carbonyl (C=O) groups excluding carboxylic acids is 1. The monoisotopic (exact) mass is 575 g/mol. The van der Waals surface area contributed by atoms with E-state index in [0.717, 1.165) is 21.5 Å². The van der Waals surface area contributed by atoms with Gasteiger partial charge in [-0.25, -0.2) is 0 Å². The van der Waals surface area contributed by atoms with E-state index in [1.807, 2.05) is 66.9 Å². The van der Waals surface area contributed by atoms with Crippen LogP contribution in [-0.2, 0) is 4.79 Å². The van der Waals surface area contributed by atoms with Crippen molar-refractivity contribution in [2.75, 3.05) is 19.0 Å². The van der Waals surface area contributed by atoms with Crippen LogP contribution in [0.15, 0.2) is 95.7 Å². The topological polar surface area (TPSA) is 71.4 Å². The number of hydrogen-bond acceptors (Lipinski definition) is 4. The van der Waals surface area contributed by atoms with Gasteiger partial charge in [0.25, 0.3) is 0 Å². The van der Waals surface area contributed by atoms with Crippen molar-refractivity contribution in [2.45, 2.75) is 18.5 Å². The number of para-hydroxylation sites is 2. The average Bonchev–Trinajstić information content (AvgIpc) is 3.53. The van der Waals surface area contributed by atoms with Crippen molar-refractivity contribution in [3.8, 4) is 11.4 Å². The van der Waals surface area contributed by atoms with Crippen molar-refractivity contribution < 1.29 is 9.53 Å². The van der Waals surface area contributed by atoms with Gasteiger partial charge in [0.15, 0.2) is 5.11 Å². The van der Waals surface area contributed by atoms with Gasteiger partial charge in [0, 0.05) is 41.2 Å². The highest BCUT2D eigenvalue weighted by atomic mass is 79.9. The molecule has 2 aromatic carbocycles. The zero-order valence-corrected chi connectivity index (χ0v) is 22.6. The highest BCUT2D eigenvalue weighted by Crippen LogP contribution is 2.39. The molecule has 7 nitrogen and oxygen atoms in total. The molecule has 188 valence electrons. The number of rotatable bonds is 8. The molecule has 0 radical (unpaired) electrons. The van der Waals surface area contributed by atoms with Crippen molar-refractivity contribution in [3.63, 3.8) is 0 Å².